The average molecular weight is 306 g/mol. The number of rotatable bonds is 5. The fourth-order valence-electron chi connectivity index (χ4n) is 2.47. The average Bonchev–Trinajstić information content (AvgIpc) is 2.42. The van der Waals surface area contributed by atoms with Crippen LogP contribution in [0.4, 0.5) is 11.4 Å². The number of esters is 1. The van der Waals surface area contributed by atoms with Crippen LogP contribution < -0.4 is 10.6 Å². The molecule has 0 fully saturated rings. The van der Waals surface area contributed by atoms with E-state index < -0.39 is 0 Å². The van der Waals surface area contributed by atoms with Crippen molar-refractivity contribution in [2.75, 3.05) is 24.8 Å². The maximum atomic E-state index is 11.6. The van der Waals surface area contributed by atoms with Crippen molar-refractivity contribution >= 4 is 17.3 Å². The summed E-state index contributed by atoms with van der Waals surface area (Å²) in [4.78, 5) is 13.8. The van der Waals surface area contributed by atoms with Crippen molar-refractivity contribution in [3.63, 3.8) is 0 Å². The Bertz CT molecular complexity index is 518. The molecule has 0 aromatic heterocycles. The lowest BCUT2D eigenvalue weighted by atomic mass is 9.85. The molecule has 1 aromatic rings. The minimum absolute atomic E-state index is 0.000890. The molecule has 0 saturated carbocycles. The van der Waals surface area contributed by atoms with E-state index in [9.17, 15) is 4.79 Å². The second kappa shape index (κ2) is 7.03. The van der Waals surface area contributed by atoms with E-state index in [0.29, 0.717) is 12.3 Å². The van der Waals surface area contributed by atoms with E-state index in [1.54, 1.807) is 0 Å². The van der Waals surface area contributed by atoms with E-state index in [1.165, 1.54) is 7.11 Å². The monoisotopic (exact) mass is 306 g/mol. The van der Waals surface area contributed by atoms with E-state index in [1.807, 2.05) is 19.2 Å². The maximum absolute atomic E-state index is 11.6. The molecule has 0 aliphatic carbocycles. The molecule has 1 rings (SSSR count). The Morgan fingerprint density at radius 2 is 1.91 bits per heavy atom. The normalized spacial score (nSPS) is 13.1. The van der Waals surface area contributed by atoms with Gasteiger partial charge in [0.25, 0.3) is 0 Å². The van der Waals surface area contributed by atoms with Crippen molar-refractivity contribution in [2.24, 2.45) is 5.92 Å². The molecule has 0 aliphatic heterocycles. The second-order valence-electron chi connectivity index (χ2n) is 7.18. The maximum Gasteiger partial charge on any atom is 0.306 e. The standard InChI is InChI=1S/C18H30N2O2/c1-12(2)14(11-17(21)22-7)13-8-9-16(15(19)10-13)20(6)18(3,4)5/h8-10,12,14H,11,19H2,1-7H3. The Morgan fingerprint density at radius 3 is 2.32 bits per heavy atom. The number of methoxy groups -OCH3 is 1. The SMILES string of the molecule is COC(=O)CC(c1ccc(N(C)C(C)(C)C)c(N)c1)C(C)C. The van der Waals surface area contributed by atoms with Crippen LogP contribution in [0.5, 0.6) is 0 Å². The van der Waals surface area contributed by atoms with Crippen molar-refractivity contribution in [1.82, 2.24) is 0 Å². The smallest absolute Gasteiger partial charge is 0.306 e. The Hall–Kier alpha value is -1.71. The quantitative estimate of drug-likeness (QED) is 0.664. The Kier molecular flexibility index (Phi) is 5.86. The summed E-state index contributed by atoms with van der Waals surface area (Å²) >= 11 is 0. The van der Waals surface area contributed by atoms with Gasteiger partial charge in [-0.3, -0.25) is 4.79 Å². The number of nitrogens with zero attached hydrogens (tertiary/aromatic N) is 1. The third-order valence-electron chi connectivity index (χ3n) is 4.27. The molecule has 4 heteroatoms. The predicted octanol–water partition coefficient (Wildman–Crippen LogP) is 3.81. The highest BCUT2D eigenvalue weighted by molar-refractivity contribution is 5.72. The van der Waals surface area contributed by atoms with E-state index in [-0.39, 0.29) is 17.4 Å². The molecule has 0 amide bonds. The zero-order valence-electron chi connectivity index (χ0n) is 14.9. The van der Waals surface area contributed by atoms with Crippen LogP contribution in [0.2, 0.25) is 0 Å². The number of anilines is 2. The lowest BCUT2D eigenvalue weighted by molar-refractivity contribution is -0.141. The van der Waals surface area contributed by atoms with E-state index in [0.717, 1.165) is 16.9 Å². The molecule has 2 N–H and O–H groups in total. The van der Waals surface area contributed by atoms with Gasteiger partial charge in [-0.05, 0) is 50.3 Å². The third kappa shape index (κ3) is 4.39. The van der Waals surface area contributed by atoms with Crippen molar-refractivity contribution in [3.8, 4) is 0 Å². The minimum Gasteiger partial charge on any atom is -0.469 e. The van der Waals surface area contributed by atoms with Gasteiger partial charge >= 0.3 is 5.97 Å². The molecule has 22 heavy (non-hydrogen) atoms. The fourth-order valence-corrected chi connectivity index (χ4v) is 2.47. The first-order chi connectivity index (χ1) is 10.1. The highest BCUT2D eigenvalue weighted by atomic mass is 16.5. The van der Waals surface area contributed by atoms with Gasteiger partial charge in [-0.1, -0.05) is 19.9 Å². The number of hydrogen-bond donors (Lipinski definition) is 1. The van der Waals surface area contributed by atoms with Gasteiger partial charge in [0.15, 0.2) is 0 Å². The second-order valence-corrected chi connectivity index (χ2v) is 7.18. The van der Waals surface area contributed by atoms with Gasteiger partial charge in [-0.15, -0.1) is 0 Å². The number of nitrogen functional groups attached to an aromatic ring is 1. The van der Waals surface area contributed by atoms with Crippen LogP contribution in [0.1, 0.15) is 52.5 Å². The van der Waals surface area contributed by atoms with Gasteiger partial charge in [-0.25, -0.2) is 0 Å². The topological polar surface area (TPSA) is 55.6 Å². The van der Waals surface area contributed by atoms with Gasteiger partial charge in [0.1, 0.15) is 0 Å². The Labute approximate surface area is 134 Å². The van der Waals surface area contributed by atoms with Crippen LogP contribution in [0.15, 0.2) is 18.2 Å². The first-order valence-corrected chi connectivity index (χ1v) is 7.78. The highest BCUT2D eigenvalue weighted by Gasteiger charge is 2.23. The van der Waals surface area contributed by atoms with Crippen LogP contribution in [-0.2, 0) is 9.53 Å². The molecular weight excluding hydrogens is 276 g/mol. The lowest BCUT2D eigenvalue weighted by Crippen LogP contribution is -2.38. The molecule has 0 spiro atoms. The molecule has 0 bridgehead atoms. The number of benzene rings is 1. The highest BCUT2D eigenvalue weighted by Crippen LogP contribution is 2.34. The minimum atomic E-state index is -0.187. The van der Waals surface area contributed by atoms with Crippen molar-refractivity contribution in [2.45, 2.75) is 52.5 Å². The van der Waals surface area contributed by atoms with Gasteiger partial charge in [0, 0.05) is 12.6 Å². The van der Waals surface area contributed by atoms with Crippen LogP contribution in [0.3, 0.4) is 0 Å². The number of ether oxygens (including phenoxy) is 1. The summed E-state index contributed by atoms with van der Waals surface area (Å²) in [6.07, 6.45) is 0.377. The van der Waals surface area contributed by atoms with E-state index in [4.69, 9.17) is 10.5 Å². The third-order valence-corrected chi connectivity index (χ3v) is 4.27. The van der Waals surface area contributed by atoms with Gasteiger partial charge < -0.3 is 15.4 Å². The molecule has 0 saturated heterocycles. The Morgan fingerprint density at radius 1 is 1.32 bits per heavy atom. The summed E-state index contributed by atoms with van der Waals surface area (Å²) in [6.45, 7) is 10.7. The molecule has 1 aromatic carbocycles. The van der Waals surface area contributed by atoms with Crippen LogP contribution in [-0.4, -0.2) is 25.7 Å². The number of nitrogens with two attached hydrogens (primary N) is 1. The van der Waals surface area contributed by atoms with E-state index >= 15 is 0 Å². The number of carbonyl (C=O) groups is 1. The number of carbonyl (C=O) groups excluding carboxylic acids is 1. The molecule has 4 nitrogen and oxygen atoms in total. The summed E-state index contributed by atoms with van der Waals surface area (Å²) < 4.78 is 4.81. The van der Waals surface area contributed by atoms with Crippen LogP contribution in [0, 0.1) is 5.92 Å². The predicted molar refractivity (Wildman–Crippen MR) is 93.2 cm³/mol. The van der Waals surface area contributed by atoms with Gasteiger partial charge in [0.2, 0.25) is 0 Å². The zero-order chi connectivity index (χ0) is 17.1. The first kappa shape index (κ1) is 18.3. The van der Waals surface area contributed by atoms with Crippen molar-refractivity contribution in [3.05, 3.63) is 23.8 Å². The summed E-state index contributed by atoms with van der Waals surface area (Å²) in [5.74, 6) is 0.265. The van der Waals surface area contributed by atoms with Crippen molar-refractivity contribution in [1.29, 1.82) is 0 Å². The van der Waals surface area contributed by atoms with Crippen molar-refractivity contribution < 1.29 is 9.53 Å². The molecule has 1 unspecified atom stereocenters. The van der Waals surface area contributed by atoms with Gasteiger partial charge in [0.05, 0.1) is 24.9 Å². The summed E-state index contributed by atoms with van der Waals surface area (Å²) in [5.41, 5.74) is 9.10. The summed E-state index contributed by atoms with van der Waals surface area (Å²) in [6, 6.07) is 6.11. The van der Waals surface area contributed by atoms with Crippen LogP contribution in [0.25, 0.3) is 0 Å². The molecule has 124 valence electrons. The largest absolute Gasteiger partial charge is 0.469 e. The summed E-state index contributed by atoms with van der Waals surface area (Å²) in [7, 11) is 3.47. The molecule has 0 radical (unpaired) electrons. The molecule has 0 heterocycles. The van der Waals surface area contributed by atoms with E-state index in [2.05, 4.69) is 45.6 Å². The molecule has 1 atom stereocenters. The Balaban J connectivity index is 3.12. The first-order valence-electron chi connectivity index (χ1n) is 7.78. The fraction of sp³-hybridized carbons (Fsp3) is 0.611. The summed E-state index contributed by atoms with van der Waals surface area (Å²) in [5, 5.41) is 0. The molecular formula is C18H30N2O2. The lowest BCUT2D eigenvalue weighted by Gasteiger charge is -2.35. The van der Waals surface area contributed by atoms with Gasteiger partial charge in [-0.2, -0.15) is 0 Å². The zero-order valence-corrected chi connectivity index (χ0v) is 14.9. The van der Waals surface area contributed by atoms with Crippen LogP contribution >= 0.6 is 0 Å². The number of hydrogen-bond acceptors (Lipinski definition) is 4. The molecule has 0 aliphatic rings.